The van der Waals surface area contributed by atoms with E-state index >= 15 is 0 Å². The molecule has 0 spiro atoms. The zero-order valence-electron chi connectivity index (χ0n) is 22.3. The van der Waals surface area contributed by atoms with Gasteiger partial charge < -0.3 is 19.3 Å². The van der Waals surface area contributed by atoms with Gasteiger partial charge in [0.15, 0.2) is 5.82 Å². The van der Waals surface area contributed by atoms with E-state index < -0.39 is 5.60 Å². The highest BCUT2D eigenvalue weighted by atomic mass is 16.6. The van der Waals surface area contributed by atoms with Gasteiger partial charge in [-0.3, -0.25) is 9.58 Å². The van der Waals surface area contributed by atoms with E-state index in [4.69, 9.17) is 14.6 Å². The van der Waals surface area contributed by atoms with Crippen molar-refractivity contribution in [3.63, 3.8) is 0 Å². The molecule has 1 unspecified atom stereocenters. The Kier molecular flexibility index (Phi) is 7.21. The smallest absolute Gasteiger partial charge is 0.410 e. The fourth-order valence-corrected chi connectivity index (χ4v) is 5.89. The fraction of sp³-hybridized carbons (Fsp3) is 0.846. The van der Waals surface area contributed by atoms with Gasteiger partial charge in [0.25, 0.3) is 0 Å². The molecule has 3 aliphatic heterocycles. The number of carbonyl (C=O) groups is 1. The number of amides is 1. The van der Waals surface area contributed by atoms with Gasteiger partial charge in [0.1, 0.15) is 5.60 Å². The highest BCUT2D eigenvalue weighted by molar-refractivity contribution is 5.68. The molecule has 0 radical (unpaired) electrons. The maximum atomic E-state index is 12.4. The third-order valence-corrected chi connectivity index (χ3v) is 7.70. The summed E-state index contributed by atoms with van der Waals surface area (Å²) in [5, 5.41) is 5.10. The number of methoxy groups -OCH3 is 1. The van der Waals surface area contributed by atoms with Crippen molar-refractivity contribution >= 4 is 11.9 Å². The van der Waals surface area contributed by atoms with E-state index in [2.05, 4.69) is 41.3 Å². The van der Waals surface area contributed by atoms with Crippen molar-refractivity contribution in [1.82, 2.24) is 19.6 Å². The first kappa shape index (κ1) is 25.3. The van der Waals surface area contributed by atoms with Crippen LogP contribution < -0.4 is 4.90 Å². The van der Waals surface area contributed by atoms with Crippen LogP contribution in [0.2, 0.25) is 0 Å². The van der Waals surface area contributed by atoms with Crippen LogP contribution in [0.4, 0.5) is 10.6 Å². The lowest BCUT2D eigenvalue weighted by molar-refractivity contribution is -0.0386. The Morgan fingerprint density at radius 2 is 1.82 bits per heavy atom. The van der Waals surface area contributed by atoms with Crippen LogP contribution in [0.3, 0.4) is 0 Å². The molecule has 192 valence electrons. The molecule has 1 atom stereocenters. The van der Waals surface area contributed by atoms with Gasteiger partial charge in [0.05, 0.1) is 12.1 Å². The summed E-state index contributed by atoms with van der Waals surface area (Å²) in [6.45, 7) is 18.4. The second kappa shape index (κ2) is 9.69. The van der Waals surface area contributed by atoms with E-state index in [0.29, 0.717) is 25.2 Å². The monoisotopic (exact) mass is 475 g/mol. The summed E-state index contributed by atoms with van der Waals surface area (Å²) < 4.78 is 13.2. The molecule has 0 saturated carbocycles. The topological polar surface area (TPSA) is 63.1 Å². The predicted molar refractivity (Wildman–Crippen MR) is 134 cm³/mol. The van der Waals surface area contributed by atoms with E-state index in [1.807, 2.05) is 32.8 Å². The third-order valence-electron chi connectivity index (χ3n) is 7.70. The number of hydrogen-bond acceptors (Lipinski definition) is 6. The van der Waals surface area contributed by atoms with Crippen molar-refractivity contribution in [2.75, 3.05) is 51.3 Å². The molecule has 1 aromatic rings. The zero-order valence-corrected chi connectivity index (χ0v) is 22.3. The van der Waals surface area contributed by atoms with Gasteiger partial charge in [-0.15, -0.1) is 0 Å². The molecule has 3 fully saturated rings. The van der Waals surface area contributed by atoms with Gasteiger partial charge in [-0.1, -0.05) is 0 Å². The first-order chi connectivity index (χ1) is 15.9. The zero-order chi connectivity index (χ0) is 24.7. The third kappa shape index (κ3) is 5.70. The van der Waals surface area contributed by atoms with E-state index in [1.54, 1.807) is 0 Å². The molecule has 34 heavy (non-hydrogen) atoms. The van der Waals surface area contributed by atoms with Crippen molar-refractivity contribution in [3.8, 4) is 0 Å². The largest absolute Gasteiger partial charge is 0.444 e. The Hall–Kier alpha value is -1.80. The van der Waals surface area contributed by atoms with Gasteiger partial charge in [-0.05, 0) is 73.1 Å². The SMILES string of the molecule is COC1CN(CC2CCN(c3cc(C)n(C4CCN(C(=O)OC(C)(C)C)CC4)n3)C(C)(C)C2)C1. The number of ether oxygens (including phenoxy) is 2. The molecule has 0 N–H and O–H groups in total. The number of hydrogen-bond donors (Lipinski definition) is 0. The molecule has 8 nitrogen and oxygen atoms in total. The minimum atomic E-state index is -0.455. The van der Waals surface area contributed by atoms with Crippen molar-refractivity contribution in [2.45, 2.75) is 90.5 Å². The maximum absolute atomic E-state index is 12.4. The number of rotatable bonds is 5. The average molecular weight is 476 g/mol. The first-order valence-electron chi connectivity index (χ1n) is 13.0. The second-order valence-corrected chi connectivity index (χ2v) is 12.2. The van der Waals surface area contributed by atoms with Crippen LogP contribution in [0.5, 0.6) is 0 Å². The molecule has 4 heterocycles. The molecular formula is C26H45N5O3. The van der Waals surface area contributed by atoms with E-state index in [-0.39, 0.29) is 11.6 Å². The maximum Gasteiger partial charge on any atom is 0.410 e. The van der Waals surface area contributed by atoms with Crippen LogP contribution in [0.25, 0.3) is 0 Å². The van der Waals surface area contributed by atoms with E-state index in [9.17, 15) is 4.79 Å². The van der Waals surface area contributed by atoms with Crippen molar-refractivity contribution in [3.05, 3.63) is 11.8 Å². The van der Waals surface area contributed by atoms with Gasteiger partial charge in [-0.2, -0.15) is 5.10 Å². The lowest BCUT2D eigenvalue weighted by atomic mass is 9.82. The molecule has 3 saturated heterocycles. The van der Waals surface area contributed by atoms with Gasteiger partial charge in [0, 0.05) is 63.7 Å². The van der Waals surface area contributed by atoms with Crippen LogP contribution >= 0.6 is 0 Å². The van der Waals surface area contributed by atoms with Crippen LogP contribution in [-0.4, -0.2) is 89.3 Å². The van der Waals surface area contributed by atoms with Crippen LogP contribution in [0, 0.1) is 12.8 Å². The fourth-order valence-electron chi connectivity index (χ4n) is 5.89. The Labute approximate surface area is 205 Å². The van der Waals surface area contributed by atoms with E-state index in [1.165, 1.54) is 25.1 Å². The molecule has 0 bridgehead atoms. The summed E-state index contributed by atoms with van der Waals surface area (Å²) in [5.41, 5.74) is 0.832. The summed E-state index contributed by atoms with van der Waals surface area (Å²) >= 11 is 0. The Balaban J connectivity index is 1.34. The normalized spacial score (nSPS) is 24.9. The number of carbonyl (C=O) groups excluding carboxylic acids is 1. The van der Waals surface area contributed by atoms with Gasteiger partial charge in [0.2, 0.25) is 0 Å². The quantitative estimate of drug-likeness (QED) is 0.639. The Morgan fingerprint density at radius 1 is 1.15 bits per heavy atom. The molecular weight excluding hydrogens is 430 g/mol. The highest BCUT2D eigenvalue weighted by Gasteiger charge is 2.39. The van der Waals surface area contributed by atoms with Crippen LogP contribution in [0.15, 0.2) is 6.07 Å². The highest BCUT2D eigenvalue weighted by Crippen LogP contribution is 2.37. The molecule has 1 amide bonds. The van der Waals surface area contributed by atoms with Gasteiger partial charge >= 0.3 is 6.09 Å². The minimum Gasteiger partial charge on any atom is -0.444 e. The van der Waals surface area contributed by atoms with Crippen molar-refractivity contribution in [1.29, 1.82) is 0 Å². The standard InChI is InChI=1S/C26H45N5O3/c1-19-14-23(27-31(19)21-9-11-29(12-10-21)24(32)34-25(2,3)4)30-13-8-20(15-26(30,5)6)16-28-17-22(18-28)33-7/h14,20-22H,8-13,15-18H2,1-7H3. The van der Waals surface area contributed by atoms with Crippen LogP contribution in [0.1, 0.15) is 72.0 Å². The summed E-state index contributed by atoms with van der Waals surface area (Å²) in [6, 6.07) is 2.58. The predicted octanol–water partition coefficient (Wildman–Crippen LogP) is 4.09. The number of aryl methyl sites for hydroxylation is 1. The van der Waals surface area contributed by atoms with Crippen LogP contribution in [-0.2, 0) is 9.47 Å². The number of likely N-dealkylation sites (tertiary alicyclic amines) is 2. The van der Waals surface area contributed by atoms with Gasteiger partial charge in [-0.25, -0.2) is 4.79 Å². The summed E-state index contributed by atoms with van der Waals surface area (Å²) in [7, 11) is 1.81. The molecule has 4 rings (SSSR count). The summed E-state index contributed by atoms with van der Waals surface area (Å²) in [6.07, 6.45) is 4.43. The molecule has 3 aliphatic rings. The molecule has 0 aliphatic carbocycles. The number of aromatic nitrogens is 2. The molecule has 1 aromatic heterocycles. The average Bonchev–Trinajstić information content (AvgIpc) is 3.09. The van der Waals surface area contributed by atoms with Crippen molar-refractivity contribution in [2.24, 2.45) is 5.92 Å². The number of anilines is 1. The Morgan fingerprint density at radius 3 is 2.41 bits per heavy atom. The lowest BCUT2D eigenvalue weighted by Gasteiger charge is -2.48. The number of nitrogens with zero attached hydrogens (tertiary/aromatic N) is 5. The summed E-state index contributed by atoms with van der Waals surface area (Å²) in [4.78, 5) is 19.3. The second-order valence-electron chi connectivity index (χ2n) is 12.2. The van der Waals surface area contributed by atoms with E-state index in [0.717, 1.165) is 44.2 Å². The first-order valence-corrected chi connectivity index (χ1v) is 13.0. The Bertz CT molecular complexity index is 847. The molecule has 8 heteroatoms. The summed E-state index contributed by atoms with van der Waals surface area (Å²) in [5.74, 6) is 1.82. The lowest BCUT2D eigenvalue weighted by Crippen LogP contribution is -2.56. The number of piperidine rings is 2. The van der Waals surface area contributed by atoms with Crippen molar-refractivity contribution < 1.29 is 14.3 Å². The molecule has 0 aromatic carbocycles. The minimum absolute atomic E-state index is 0.0835.